The van der Waals surface area contributed by atoms with Crippen LogP contribution in [0.2, 0.25) is 5.02 Å². The molecule has 2 aromatic rings. The number of sulfonamides is 1. The molecule has 2 aromatic carbocycles. The fourth-order valence-electron chi connectivity index (χ4n) is 3.58. The van der Waals surface area contributed by atoms with E-state index in [2.05, 4.69) is 0 Å². The summed E-state index contributed by atoms with van der Waals surface area (Å²) in [5.74, 6) is -2.32. The Hall–Kier alpha value is -2.03. The summed E-state index contributed by atoms with van der Waals surface area (Å²) < 4.78 is 60.7. The summed E-state index contributed by atoms with van der Waals surface area (Å²) in [4.78, 5) is 12.5. The van der Waals surface area contributed by atoms with Crippen molar-refractivity contribution in [1.29, 1.82) is 0 Å². The maximum absolute atomic E-state index is 13.8. The highest BCUT2D eigenvalue weighted by atomic mass is 35.5. The smallest absolute Gasteiger partial charge is 0.324 e. The molecule has 5 nitrogen and oxygen atoms in total. The summed E-state index contributed by atoms with van der Waals surface area (Å²) in [6, 6.07) is 6.40. The maximum Gasteiger partial charge on any atom is 0.324 e. The fourth-order valence-corrected chi connectivity index (χ4v) is 5.52. The van der Waals surface area contributed by atoms with Gasteiger partial charge in [-0.25, -0.2) is 17.2 Å². The zero-order valence-electron chi connectivity index (χ0n) is 15.6. The van der Waals surface area contributed by atoms with Crippen molar-refractivity contribution < 1.29 is 26.7 Å². The Bertz CT molecular complexity index is 978. The first-order chi connectivity index (χ1) is 13.7. The van der Waals surface area contributed by atoms with Crippen LogP contribution in [0.4, 0.5) is 8.78 Å². The highest BCUT2D eigenvalue weighted by molar-refractivity contribution is 7.89. The lowest BCUT2D eigenvalue weighted by atomic mass is 9.93. The molecule has 1 aliphatic rings. The van der Waals surface area contributed by atoms with E-state index in [1.807, 2.05) is 0 Å². The number of piperidine rings is 1. The number of hydrogen-bond acceptors (Lipinski definition) is 4. The van der Waals surface area contributed by atoms with Crippen LogP contribution in [0.3, 0.4) is 0 Å². The Balaban J connectivity index is 2.13. The maximum atomic E-state index is 13.8. The standard InChI is InChI=1S/C20H20ClF2NO4S/c1-2-28-20(25)19-5-3-4-18(13-10-15(22)12-16(23)11-13)24(19)29(26,27)17-8-6-14(21)7-9-17/h6-12,18-19H,2-5H2,1H3/t18-,19+/m0/s1. The highest BCUT2D eigenvalue weighted by Crippen LogP contribution is 2.39. The summed E-state index contributed by atoms with van der Waals surface area (Å²) in [6.45, 7) is 1.71. The van der Waals surface area contributed by atoms with Crippen molar-refractivity contribution in [3.05, 3.63) is 64.7 Å². The predicted octanol–water partition coefficient (Wildman–Crippen LogP) is 4.47. The molecule has 1 heterocycles. The van der Waals surface area contributed by atoms with E-state index in [4.69, 9.17) is 16.3 Å². The second-order valence-corrected chi connectivity index (χ2v) is 8.99. The van der Waals surface area contributed by atoms with Gasteiger partial charge in [-0.2, -0.15) is 4.31 Å². The van der Waals surface area contributed by atoms with Gasteiger partial charge in [0.1, 0.15) is 17.7 Å². The lowest BCUT2D eigenvalue weighted by Gasteiger charge is -2.39. The molecule has 0 bridgehead atoms. The number of ether oxygens (including phenoxy) is 1. The van der Waals surface area contributed by atoms with Crippen LogP contribution < -0.4 is 0 Å². The van der Waals surface area contributed by atoms with Gasteiger partial charge in [-0.05, 0) is 68.1 Å². The van der Waals surface area contributed by atoms with Crippen LogP contribution in [-0.4, -0.2) is 31.3 Å². The number of benzene rings is 2. The van der Waals surface area contributed by atoms with E-state index in [1.54, 1.807) is 6.92 Å². The van der Waals surface area contributed by atoms with E-state index >= 15 is 0 Å². The number of rotatable bonds is 5. The predicted molar refractivity (Wildman–Crippen MR) is 104 cm³/mol. The normalized spacial score (nSPS) is 20.4. The van der Waals surface area contributed by atoms with Crippen molar-refractivity contribution in [2.24, 2.45) is 0 Å². The van der Waals surface area contributed by atoms with E-state index in [0.717, 1.165) is 16.4 Å². The first-order valence-electron chi connectivity index (χ1n) is 9.15. The Labute approximate surface area is 173 Å². The lowest BCUT2D eigenvalue weighted by molar-refractivity contribution is -0.149. The molecule has 29 heavy (non-hydrogen) atoms. The van der Waals surface area contributed by atoms with Crippen LogP contribution in [0.1, 0.15) is 37.8 Å². The molecule has 1 aliphatic heterocycles. The molecular weight excluding hydrogens is 424 g/mol. The molecule has 3 rings (SSSR count). The molecule has 156 valence electrons. The summed E-state index contributed by atoms with van der Waals surface area (Å²) in [6.07, 6.45) is 1.06. The van der Waals surface area contributed by atoms with Gasteiger partial charge in [0.15, 0.2) is 0 Å². The second-order valence-electron chi connectivity index (χ2n) is 6.71. The van der Waals surface area contributed by atoms with Gasteiger partial charge in [-0.15, -0.1) is 0 Å². The van der Waals surface area contributed by atoms with Crippen molar-refractivity contribution in [1.82, 2.24) is 4.31 Å². The molecule has 0 N–H and O–H groups in total. The van der Waals surface area contributed by atoms with Crippen molar-refractivity contribution in [3.63, 3.8) is 0 Å². The Morgan fingerprint density at radius 2 is 1.76 bits per heavy atom. The quantitative estimate of drug-likeness (QED) is 0.640. The minimum atomic E-state index is -4.19. The number of carbonyl (C=O) groups excluding carboxylic acids is 1. The molecule has 0 amide bonds. The fraction of sp³-hybridized carbons (Fsp3) is 0.350. The van der Waals surface area contributed by atoms with Crippen LogP contribution in [0, 0.1) is 11.6 Å². The van der Waals surface area contributed by atoms with E-state index in [-0.39, 0.29) is 23.5 Å². The molecule has 9 heteroatoms. The topological polar surface area (TPSA) is 63.7 Å². The molecule has 1 fully saturated rings. The minimum Gasteiger partial charge on any atom is -0.465 e. The Morgan fingerprint density at radius 1 is 1.14 bits per heavy atom. The van der Waals surface area contributed by atoms with Crippen molar-refractivity contribution in [3.8, 4) is 0 Å². The van der Waals surface area contributed by atoms with Crippen LogP contribution in [0.5, 0.6) is 0 Å². The molecule has 0 radical (unpaired) electrons. The molecule has 0 spiro atoms. The van der Waals surface area contributed by atoms with Crippen molar-refractivity contribution in [2.45, 2.75) is 43.2 Å². The van der Waals surface area contributed by atoms with Gasteiger partial charge in [0.2, 0.25) is 10.0 Å². The minimum absolute atomic E-state index is 0.0695. The van der Waals surface area contributed by atoms with Crippen LogP contribution in [0.25, 0.3) is 0 Å². The average Bonchev–Trinajstić information content (AvgIpc) is 2.67. The largest absolute Gasteiger partial charge is 0.465 e. The summed E-state index contributed by atoms with van der Waals surface area (Å²) in [5.41, 5.74) is 0.147. The lowest BCUT2D eigenvalue weighted by Crippen LogP contribution is -2.50. The third-order valence-electron chi connectivity index (χ3n) is 4.79. The van der Waals surface area contributed by atoms with Gasteiger partial charge in [-0.1, -0.05) is 11.6 Å². The van der Waals surface area contributed by atoms with E-state index in [9.17, 15) is 22.0 Å². The third kappa shape index (κ3) is 4.60. The van der Waals surface area contributed by atoms with E-state index < -0.39 is 39.7 Å². The van der Waals surface area contributed by atoms with Gasteiger partial charge in [0.25, 0.3) is 0 Å². The zero-order valence-corrected chi connectivity index (χ0v) is 17.2. The molecule has 1 saturated heterocycles. The first-order valence-corrected chi connectivity index (χ1v) is 11.0. The number of carbonyl (C=O) groups is 1. The highest BCUT2D eigenvalue weighted by Gasteiger charge is 2.44. The second kappa shape index (κ2) is 8.77. The van der Waals surface area contributed by atoms with Crippen LogP contribution in [-0.2, 0) is 19.6 Å². The van der Waals surface area contributed by atoms with E-state index in [1.165, 1.54) is 24.3 Å². The van der Waals surface area contributed by atoms with Gasteiger partial charge in [0.05, 0.1) is 17.5 Å². The zero-order chi connectivity index (χ0) is 21.2. The molecular formula is C20H20ClF2NO4S. The number of hydrogen-bond donors (Lipinski definition) is 0. The Kier molecular flexibility index (Phi) is 6.55. The molecule has 0 saturated carbocycles. The summed E-state index contributed by atoms with van der Waals surface area (Å²) in [5, 5.41) is 0.355. The number of halogens is 3. The van der Waals surface area contributed by atoms with Gasteiger partial charge in [0, 0.05) is 11.1 Å². The Morgan fingerprint density at radius 3 is 2.34 bits per heavy atom. The average molecular weight is 444 g/mol. The first kappa shape index (κ1) is 21.7. The summed E-state index contributed by atoms with van der Waals surface area (Å²) >= 11 is 5.86. The molecule has 0 unspecified atom stereocenters. The van der Waals surface area contributed by atoms with Gasteiger partial charge in [-0.3, -0.25) is 4.79 Å². The van der Waals surface area contributed by atoms with Crippen molar-refractivity contribution in [2.75, 3.05) is 6.61 Å². The summed E-state index contributed by atoms with van der Waals surface area (Å²) in [7, 11) is -4.19. The van der Waals surface area contributed by atoms with Crippen molar-refractivity contribution >= 4 is 27.6 Å². The molecule has 0 aromatic heterocycles. The van der Waals surface area contributed by atoms with Gasteiger partial charge < -0.3 is 4.74 Å². The third-order valence-corrected chi connectivity index (χ3v) is 6.97. The van der Waals surface area contributed by atoms with E-state index in [0.29, 0.717) is 23.9 Å². The van der Waals surface area contributed by atoms with Crippen LogP contribution in [0.15, 0.2) is 47.4 Å². The monoisotopic (exact) mass is 443 g/mol. The van der Waals surface area contributed by atoms with Gasteiger partial charge >= 0.3 is 5.97 Å². The number of nitrogens with zero attached hydrogens (tertiary/aromatic N) is 1. The molecule has 0 aliphatic carbocycles. The van der Waals surface area contributed by atoms with Crippen LogP contribution >= 0.6 is 11.6 Å². The molecule has 2 atom stereocenters. The number of esters is 1. The SMILES string of the molecule is CCOC(=O)[C@H]1CCC[C@@H](c2cc(F)cc(F)c2)N1S(=O)(=O)c1ccc(Cl)cc1.